The lowest BCUT2D eigenvalue weighted by atomic mass is 9.98. The first-order chi connectivity index (χ1) is 12.6. The number of carbonyl (C=O) groups excluding carboxylic acids is 2. The van der Waals surface area contributed by atoms with Gasteiger partial charge in [0, 0.05) is 19.3 Å². The Balaban J connectivity index is 1.93. The van der Waals surface area contributed by atoms with Crippen molar-refractivity contribution in [1.29, 1.82) is 0 Å². The summed E-state index contributed by atoms with van der Waals surface area (Å²) in [4.78, 5) is 31.7. The van der Waals surface area contributed by atoms with Crippen LogP contribution in [0.1, 0.15) is 42.9 Å². The summed E-state index contributed by atoms with van der Waals surface area (Å²) in [5.41, 5.74) is 1.91. The predicted molar refractivity (Wildman–Crippen MR) is 96.4 cm³/mol. The van der Waals surface area contributed by atoms with Crippen LogP contribution in [0.4, 0.5) is 0 Å². The zero-order valence-electron chi connectivity index (χ0n) is 15.5. The van der Waals surface area contributed by atoms with Crippen LogP contribution in [0, 0.1) is 5.92 Å². The largest absolute Gasteiger partial charge is 0.493 e. The summed E-state index contributed by atoms with van der Waals surface area (Å²) < 4.78 is 12.3. The highest BCUT2D eigenvalue weighted by Crippen LogP contribution is 2.25. The molecule has 1 unspecified atom stereocenters. The van der Waals surface area contributed by atoms with E-state index in [0.717, 1.165) is 18.5 Å². The maximum absolute atomic E-state index is 13.3. The minimum absolute atomic E-state index is 0.100. The topological polar surface area (TPSA) is 73.1 Å². The van der Waals surface area contributed by atoms with Crippen LogP contribution >= 0.6 is 0 Å². The molecule has 3 heterocycles. The van der Waals surface area contributed by atoms with Gasteiger partial charge in [-0.05, 0) is 38.3 Å². The van der Waals surface area contributed by atoms with Crippen LogP contribution in [0.2, 0.25) is 0 Å². The summed E-state index contributed by atoms with van der Waals surface area (Å²) in [5.74, 6) is 0.0490. The molecule has 140 valence electrons. The van der Waals surface area contributed by atoms with Gasteiger partial charge in [-0.15, -0.1) is 0 Å². The Hall–Kier alpha value is -2.57. The Bertz CT molecular complexity index is 814. The van der Waals surface area contributed by atoms with Gasteiger partial charge in [-0.3, -0.25) is 14.0 Å². The Morgan fingerprint density at radius 2 is 2.15 bits per heavy atom. The van der Waals surface area contributed by atoms with Crippen molar-refractivity contribution in [3.63, 3.8) is 0 Å². The Morgan fingerprint density at radius 3 is 2.85 bits per heavy atom. The van der Waals surface area contributed by atoms with Gasteiger partial charge in [0.25, 0.3) is 5.91 Å². The van der Waals surface area contributed by atoms with E-state index in [9.17, 15) is 9.59 Å². The summed E-state index contributed by atoms with van der Waals surface area (Å²) in [5, 5.41) is 0. The second-order valence-electron chi connectivity index (χ2n) is 6.37. The molecule has 2 aromatic heterocycles. The SMILES string of the molecule is CCOC(=O)C1CCCN(C(=O)c2c(CC)nc3c(OC)cccn23)C1. The zero-order chi connectivity index (χ0) is 18.7. The van der Waals surface area contributed by atoms with E-state index in [4.69, 9.17) is 9.47 Å². The van der Waals surface area contributed by atoms with Crippen LogP contribution in [0.5, 0.6) is 5.75 Å². The van der Waals surface area contributed by atoms with Crippen molar-refractivity contribution in [2.75, 3.05) is 26.8 Å². The van der Waals surface area contributed by atoms with E-state index < -0.39 is 0 Å². The highest BCUT2D eigenvalue weighted by molar-refractivity contribution is 5.95. The molecule has 1 amide bonds. The van der Waals surface area contributed by atoms with Crippen molar-refractivity contribution in [1.82, 2.24) is 14.3 Å². The molecule has 26 heavy (non-hydrogen) atoms. The second-order valence-corrected chi connectivity index (χ2v) is 6.37. The molecule has 1 saturated heterocycles. The molecule has 0 aliphatic carbocycles. The Morgan fingerprint density at radius 1 is 1.35 bits per heavy atom. The monoisotopic (exact) mass is 359 g/mol. The first-order valence-electron chi connectivity index (χ1n) is 9.10. The number of likely N-dealkylation sites (tertiary alicyclic amines) is 1. The number of amides is 1. The highest BCUT2D eigenvalue weighted by atomic mass is 16.5. The molecule has 0 radical (unpaired) electrons. The van der Waals surface area contributed by atoms with Gasteiger partial charge < -0.3 is 14.4 Å². The Kier molecular flexibility index (Phi) is 5.44. The van der Waals surface area contributed by atoms with Crippen LogP contribution in [-0.4, -0.2) is 53.0 Å². The number of rotatable bonds is 5. The molecular formula is C19H25N3O4. The maximum Gasteiger partial charge on any atom is 0.310 e. The number of methoxy groups -OCH3 is 1. The lowest BCUT2D eigenvalue weighted by Crippen LogP contribution is -2.43. The third-order valence-electron chi connectivity index (χ3n) is 4.77. The molecule has 3 rings (SSSR count). The normalized spacial score (nSPS) is 17.3. The molecule has 0 saturated carbocycles. The number of aryl methyl sites for hydroxylation is 1. The number of carbonyl (C=O) groups is 2. The van der Waals surface area contributed by atoms with Crippen molar-refractivity contribution in [2.45, 2.75) is 33.1 Å². The number of aromatic nitrogens is 2. The first kappa shape index (κ1) is 18.2. The number of ether oxygens (including phenoxy) is 2. The summed E-state index contributed by atoms with van der Waals surface area (Å²) in [6.45, 7) is 5.15. The number of piperidine rings is 1. The number of hydrogen-bond acceptors (Lipinski definition) is 5. The average molecular weight is 359 g/mol. The summed E-state index contributed by atoms with van der Waals surface area (Å²) in [7, 11) is 1.59. The molecule has 1 aliphatic rings. The van der Waals surface area contributed by atoms with Gasteiger partial charge in [0.2, 0.25) is 0 Å². The minimum Gasteiger partial charge on any atom is -0.493 e. The standard InChI is InChI=1S/C19H25N3O4/c1-4-14-16(22-11-7-9-15(25-3)17(22)20-14)18(23)21-10-6-8-13(12-21)19(24)26-5-2/h7,9,11,13H,4-6,8,10,12H2,1-3H3. The van der Waals surface area contributed by atoms with Gasteiger partial charge in [-0.1, -0.05) is 6.92 Å². The van der Waals surface area contributed by atoms with Crippen molar-refractivity contribution >= 4 is 17.5 Å². The summed E-state index contributed by atoms with van der Waals surface area (Å²) in [6.07, 6.45) is 4.01. The number of fused-ring (bicyclic) bond motifs is 1. The van der Waals surface area contributed by atoms with E-state index in [1.165, 1.54) is 0 Å². The van der Waals surface area contributed by atoms with E-state index in [1.54, 1.807) is 23.3 Å². The molecule has 0 bridgehead atoms. The molecule has 1 aliphatic heterocycles. The molecule has 0 spiro atoms. The van der Waals surface area contributed by atoms with Crippen molar-refractivity contribution < 1.29 is 19.1 Å². The quantitative estimate of drug-likeness (QED) is 0.766. The summed E-state index contributed by atoms with van der Waals surface area (Å²) >= 11 is 0. The first-order valence-corrected chi connectivity index (χ1v) is 9.10. The van der Waals surface area contributed by atoms with Crippen molar-refractivity contribution in [2.24, 2.45) is 5.92 Å². The molecule has 7 nitrogen and oxygen atoms in total. The van der Waals surface area contributed by atoms with Gasteiger partial charge in [0.05, 0.1) is 25.3 Å². The fraction of sp³-hybridized carbons (Fsp3) is 0.526. The number of esters is 1. The van der Waals surface area contributed by atoms with Crippen LogP contribution in [0.3, 0.4) is 0 Å². The van der Waals surface area contributed by atoms with E-state index in [2.05, 4.69) is 4.98 Å². The van der Waals surface area contributed by atoms with Crippen molar-refractivity contribution in [3.05, 3.63) is 29.7 Å². The minimum atomic E-state index is -0.258. The number of pyridine rings is 1. The number of imidazole rings is 1. The lowest BCUT2D eigenvalue weighted by molar-refractivity contribution is -0.149. The highest BCUT2D eigenvalue weighted by Gasteiger charge is 2.32. The third kappa shape index (κ3) is 3.25. The molecular weight excluding hydrogens is 334 g/mol. The lowest BCUT2D eigenvalue weighted by Gasteiger charge is -2.31. The molecule has 1 atom stereocenters. The molecule has 2 aromatic rings. The molecule has 0 N–H and O–H groups in total. The van der Waals surface area contributed by atoms with Gasteiger partial charge in [-0.25, -0.2) is 4.98 Å². The molecule has 7 heteroatoms. The van der Waals surface area contributed by atoms with E-state index in [1.807, 2.05) is 25.3 Å². The van der Waals surface area contributed by atoms with Crippen molar-refractivity contribution in [3.8, 4) is 5.75 Å². The van der Waals surface area contributed by atoms with Gasteiger partial charge >= 0.3 is 5.97 Å². The molecule has 0 aromatic carbocycles. The van der Waals surface area contributed by atoms with Crippen LogP contribution in [0.15, 0.2) is 18.3 Å². The fourth-order valence-electron chi connectivity index (χ4n) is 3.49. The van der Waals surface area contributed by atoms with Crippen LogP contribution < -0.4 is 4.74 Å². The van der Waals surface area contributed by atoms with Gasteiger partial charge in [0.1, 0.15) is 5.69 Å². The van der Waals surface area contributed by atoms with Crippen LogP contribution in [-0.2, 0) is 16.0 Å². The Labute approximate surface area is 152 Å². The third-order valence-corrected chi connectivity index (χ3v) is 4.77. The fourth-order valence-corrected chi connectivity index (χ4v) is 3.49. The summed E-state index contributed by atoms with van der Waals surface area (Å²) in [6, 6.07) is 3.66. The number of nitrogens with zero attached hydrogens (tertiary/aromatic N) is 3. The second kappa shape index (κ2) is 7.76. The maximum atomic E-state index is 13.3. The van der Waals surface area contributed by atoms with E-state index in [0.29, 0.717) is 43.2 Å². The molecule has 1 fully saturated rings. The smallest absolute Gasteiger partial charge is 0.310 e. The predicted octanol–water partition coefficient (Wildman–Crippen LogP) is 2.32. The average Bonchev–Trinajstić information content (AvgIpc) is 3.06. The van der Waals surface area contributed by atoms with E-state index in [-0.39, 0.29) is 17.8 Å². The van der Waals surface area contributed by atoms with Gasteiger partial charge in [-0.2, -0.15) is 0 Å². The number of hydrogen-bond donors (Lipinski definition) is 0. The zero-order valence-corrected chi connectivity index (χ0v) is 15.5. The van der Waals surface area contributed by atoms with Crippen LogP contribution in [0.25, 0.3) is 5.65 Å². The van der Waals surface area contributed by atoms with Gasteiger partial charge in [0.15, 0.2) is 11.4 Å². The van der Waals surface area contributed by atoms with E-state index >= 15 is 0 Å².